The van der Waals surface area contributed by atoms with Crippen LogP contribution >= 0.6 is 0 Å². The molecule has 0 amide bonds. The van der Waals surface area contributed by atoms with Crippen LogP contribution in [0.2, 0.25) is 0 Å². The Balaban J connectivity index is 0.784. The minimum atomic E-state index is -0.527. The molecular weight excluding hydrogens is 991 g/mol. The molecule has 3 heterocycles. The van der Waals surface area contributed by atoms with Crippen molar-refractivity contribution in [2.24, 2.45) is 0 Å². The number of hydrogen-bond acceptors (Lipinski definition) is 1. The fourth-order valence-corrected chi connectivity index (χ4v) is 14.2. The van der Waals surface area contributed by atoms with Crippen LogP contribution in [0.4, 0.5) is 17.1 Å². The molecule has 82 heavy (non-hydrogen) atoms. The number of aromatic nitrogens is 2. The van der Waals surface area contributed by atoms with Crippen molar-refractivity contribution in [3.63, 3.8) is 0 Å². The maximum Gasteiger partial charge on any atom is 0.0754 e. The van der Waals surface area contributed by atoms with Crippen molar-refractivity contribution in [2.75, 3.05) is 4.90 Å². The van der Waals surface area contributed by atoms with E-state index in [9.17, 15) is 0 Å². The topological polar surface area (TPSA) is 13.1 Å². The molecule has 13 aromatic carbocycles. The molecule has 0 radical (unpaired) electrons. The molecular formula is C79H51N3. The Morgan fingerprint density at radius 2 is 0.707 bits per heavy atom. The Hall–Kier alpha value is -10.7. The van der Waals surface area contributed by atoms with Crippen molar-refractivity contribution < 1.29 is 0 Å². The van der Waals surface area contributed by atoms with Crippen LogP contribution in [0.25, 0.3) is 111 Å². The smallest absolute Gasteiger partial charge is 0.0754 e. The molecule has 1 spiro atoms. The first kappa shape index (κ1) is 46.2. The van der Waals surface area contributed by atoms with Gasteiger partial charge in [0.1, 0.15) is 0 Å². The Bertz CT molecular complexity index is 4970. The summed E-state index contributed by atoms with van der Waals surface area (Å²) in [5, 5.41) is 5.09. The molecule has 2 aromatic heterocycles. The van der Waals surface area contributed by atoms with Gasteiger partial charge in [0.25, 0.3) is 0 Å². The van der Waals surface area contributed by atoms with Crippen molar-refractivity contribution >= 4 is 60.7 Å². The third kappa shape index (κ3) is 6.77. The molecule has 1 unspecified atom stereocenters. The van der Waals surface area contributed by atoms with Crippen molar-refractivity contribution in [3.05, 3.63) is 332 Å². The lowest BCUT2D eigenvalue weighted by atomic mass is 9.65. The van der Waals surface area contributed by atoms with Crippen molar-refractivity contribution in [3.8, 4) is 67.0 Å². The zero-order valence-corrected chi connectivity index (χ0v) is 44.8. The summed E-state index contributed by atoms with van der Waals surface area (Å²) in [7, 11) is 0. The second-order valence-electron chi connectivity index (χ2n) is 21.9. The van der Waals surface area contributed by atoms with E-state index in [1.165, 1.54) is 105 Å². The van der Waals surface area contributed by atoms with E-state index in [1.807, 2.05) is 0 Å². The van der Waals surface area contributed by atoms with Crippen molar-refractivity contribution in [2.45, 2.75) is 5.41 Å². The van der Waals surface area contributed by atoms with E-state index in [-0.39, 0.29) is 0 Å². The molecule has 17 rings (SSSR count). The van der Waals surface area contributed by atoms with Crippen molar-refractivity contribution in [1.82, 2.24) is 9.13 Å². The summed E-state index contributed by atoms with van der Waals surface area (Å²) in [5.41, 5.74) is 27.3. The lowest BCUT2D eigenvalue weighted by molar-refractivity contribution is 0.749. The van der Waals surface area contributed by atoms with Crippen molar-refractivity contribution in [1.29, 1.82) is 0 Å². The standard InChI is InChI=1S/C79H51N3/c1-2-18-52(19-3-1)56-20-16-21-58(50-56)62-22-5-11-31-73(62)80(59-43-36-53(37-44-59)54-38-47-61(48-39-54)81-74-32-12-6-24-65(74)66-25-7-13-33-75(66)81)60-45-40-55(41-46-60)57-42-49-64-63-23-4-9-28-69(63)79(72(64)51-57)70-29-10-15-35-77(70)82-76-34-14-8-26-67(76)68-27-17-30-71(79)78(68)82/h1-51H. The third-order valence-corrected chi connectivity index (χ3v) is 17.7. The zero-order chi connectivity index (χ0) is 53.9. The van der Waals surface area contributed by atoms with Gasteiger partial charge >= 0.3 is 0 Å². The molecule has 3 heteroatoms. The number of rotatable bonds is 8. The molecule has 3 nitrogen and oxygen atoms in total. The maximum absolute atomic E-state index is 2.52. The van der Waals surface area contributed by atoms with E-state index in [0.29, 0.717) is 0 Å². The molecule has 0 saturated heterocycles. The highest BCUT2D eigenvalue weighted by atomic mass is 15.1. The second kappa shape index (κ2) is 18.2. The molecule has 15 aromatic rings. The predicted molar refractivity (Wildman–Crippen MR) is 342 cm³/mol. The maximum atomic E-state index is 2.52. The summed E-state index contributed by atoms with van der Waals surface area (Å²) in [6, 6.07) is 115. The van der Waals surface area contributed by atoms with Crippen LogP contribution in [0, 0.1) is 0 Å². The van der Waals surface area contributed by atoms with Gasteiger partial charge < -0.3 is 14.0 Å². The van der Waals surface area contributed by atoms with E-state index in [2.05, 4.69) is 323 Å². The minimum Gasteiger partial charge on any atom is -0.310 e. The third-order valence-electron chi connectivity index (χ3n) is 17.7. The lowest BCUT2D eigenvalue weighted by Crippen LogP contribution is -2.33. The largest absolute Gasteiger partial charge is 0.310 e. The molecule has 1 aliphatic carbocycles. The summed E-state index contributed by atoms with van der Waals surface area (Å²) in [6.45, 7) is 0. The number of fused-ring (bicyclic) bond motifs is 15. The van der Waals surface area contributed by atoms with Gasteiger partial charge in [0.15, 0.2) is 0 Å². The predicted octanol–water partition coefficient (Wildman–Crippen LogP) is 20.7. The van der Waals surface area contributed by atoms with E-state index in [4.69, 9.17) is 0 Å². The monoisotopic (exact) mass is 1040 g/mol. The summed E-state index contributed by atoms with van der Waals surface area (Å²) in [5.74, 6) is 0. The van der Waals surface area contributed by atoms with Gasteiger partial charge in [-0.15, -0.1) is 0 Å². The van der Waals surface area contributed by atoms with Gasteiger partial charge in [-0.25, -0.2) is 0 Å². The number of anilines is 3. The Morgan fingerprint density at radius 1 is 0.256 bits per heavy atom. The van der Waals surface area contributed by atoms with Crippen LogP contribution in [0.15, 0.2) is 309 Å². The average molecular weight is 1040 g/mol. The molecule has 382 valence electrons. The first-order valence-corrected chi connectivity index (χ1v) is 28.4. The highest BCUT2D eigenvalue weighted by molar-refractivity contribution is 6.13. The lowest BCUT2D eigenvalue weighted by Gasteiger charge is -2.39. The molecule has 1 aliphatic heterocycles. The zero-order valence-electron chi connectivity index (χ0n) is 44.8. The summed E-state index contributed by atoms with van der Waals surface area (Å²) in [4.78, 5) is 2.43. The SMILES string of the molecule is c1ccc(-c2cccc(-c3ccccc3N(c3ccc(-c4ccc(-n5c6ccccc6c6ccccc65)cc4)cc3)c3ccc(-c4ccc5c(c4)C4(c6ccccc6-5)c5ccccc5-n5c6ccccc6c6cccc4c65)cc3)c2)cc1. The van der Waals surface area contributed by atoms with Gasteiger partial charge in [0.2, 0.25) is 0 Å². The average Bonchev–Trinajstić information content (AvgIpc) is 1.62. The molecule has 2 aliphatic rings. The van der Waals surface area contributed by atoms with E-state index in [1.54, 1.807) is 0 Å². The quantitative estimate of drug-likeness (QED) is 0.148. The Morgan fingerprint density at radius 3 is 1.41 bits per heavy atom. The minimum absolute atomic E-state index is 0.527. The molecule has 0 bridgehead atoms. The van der Waals surface area contributed by atoms with Crippen LogP contribution in [0.1, 0.15) is 22.3 Å². The highest BCUT2D eigenvalue weighted by Gasteiger charge is 2.51. The van der Waals surface area contributed by atoms with Gasteiger partial charge in [-0.3, -0.25) is 0 Å². The van der Waals surface area contributed by atoms with Gasteiger partial charge in [0.05, 0.1) is 38.9 Å². The first-order valence-electron chi connectivity index (χ1n) is 28.4. The summed E-state index contributed by atoms with van der Waals surface area (Å²) < 4.78 is 4.90. The molecule has 0 saturated carbocycles. The second-order valence-corrected chi connectivity index (χ2v) is 21.9. The van der Waals surface area contributed by atoms with Gasteiger partial charge in [0, 0.05) is 44.2 Å². The number of benzene rings is 13. The van der Waals surface area contributed by atoms with Crippen LogP contribution in [-0.4, -0.2) is 9.13 Å². The molecule has 0 fully saturated rings. The van der Waals surface area contributed by atoms with Crippen LogP contribution in [-0.2, 0) is 5.41 Å². The van der Waals surface area contributed by atoms with E-state index in [0.717, 1.165) is 45.0 Å². The van der Waals surface area contributed by atoms with E-state index >= 15 is 0 Å². The molecule has 0 N–H and O–H groups in total. The highest BCUT2D eigenvalue weighted by Crippen LogP contribution is 2.61. The van der Waals surface area contributed by atoms with Gasteiger partial charge in [-0.2, -0.15) is 0 Å². The number of para-hydroxylation sites is 6. The van der Waals surface area contributed by atoms with Crippen LogP contribution < -0.4 is 4.90 Å². The van der Waals surface area contributed by atoms with Crippen LogP contribution in [0.3, 0.4) is 0 Å². The fraction of sp³-hybridized carbons (Fsp3) is 0.0127. The van der Waals surface area contributed by atoms with Crippen LogP contribution in [0.5, 0.6) is 0 Å². The number of hydrogen-bond donors (Lipinski definition) is 0. The Labute approximate surface area is 476 Å². The number of nitrogens with zero attached hydrogens (tertiary/aromatic N) is 3. The van der Waals surface area contributed by atoms with Gasteiger partial charge in [-0.05, 0) is 151 Å². The normalized spacial score (nSPS) is 13.9. The molecule has 1 atom stereocenters. The summed E-state index contributed by atoms with van der Waals surface area (Å²) in [6.07, 6.45) is 0. The first-order chi connectivity index (χ1) is 40.7. The van der Waals surface area contributed by atoms with E-state index < -0.39 is 5.41 Å². The van der Waals surface area contributed by atoms with Gasteiger partial charge in [-0.1, -0.05) is 231 Å². The summed E-state index contributed by atoms with van der Waals surface area (Å²) >= 11 is 0. The fourth-order valence-electron chi connectivity index (χ4n) is 14.2. The Kier molecular flexibility index (Phi) is 10.2.